The van der Waals surface area contributed by atoms with Gasteiger partial charge in [0.1, 0.15) is 24.3 Å². The fourth-order valence-corrected chi connectivity index (χ4v) is 4.22. The van der Waals surface area contributed by atoms with Crippen molar-refractivity contribution in [2.24, 2.45) is 0 Å². The molecule has 5 rings (SSSR count). The van der Waals surface area contributed by atoms with Crippen molar-refractivity contribution in [3.63, 3.8) is 0 Å². The van der Waals surface area contributed by atoms with Gasteiger partial charge in [-0.1, -0.05) is 41.1 Å². The summed E-state index contributed by atoms with van der Waals surface area (Å²) in [5, 5.41) is 10.8. The number of hydrogen-bond acceptors (Lipinski definition) is 7. The zero-order valence-corrected chi connectivity index (χ0v) is 19.0. The maximum absolute atomic E-state index is 13.1. The number of hydrogen-bond donors (Lipinski definition) is 2. The Morgan fingerprint density at radius 1 is 1.21 bits per heavy atom. The largest absolute Gasteiger partial charge is 0.489 e. The van der Waals surface area contributed by atoms with E-state index in [0.717, 1.165) is 24.2 Å². The zero-order valence-electron chi connectivity index (χ0n) is 18.3. The molecule has 4 aromatic rings. The normalized spacial score (nSPS) is 15.9. The van der Waals surface area contributed by atoms with Crippen LogP contribution < -0.4 is 15.2 Å². The average Bonchev–Trinajstić information content (AvgIpc) is 3.32. The number of aromatic amines is 1. The molecule has 1 amide bonds. The molecule has 9 nitrogen and oxygen atoms in total. The van der Waals surface area contributed by atoms with Gasteiger partial charge in [-0.15, -0.1) is 5.10 Å². The maximum Gasteiger partial charge on any atom is 0.254 e. The number of piperidine rings is 1. The van der Waals surface area contributed by atoms with Crippen molar-refractivity contribution in [3.05, 3.63) is 70.7 Å². The molecule has 2 aromatic carbocycles. The van der Waals surface area contributed by atoms with Crippen molar-refractivity contribution >= 4 is 34.5 Å². The van der Waals surface area contributed by atoms with Gasteiger partial charge in [0, 0.05) is 28.8 Å². The molecular formula is C24H23ClN6O3. The second kappa shape index (κ2) is 9.56. The third kappa shape index (κ3) is 4.74. The smallest absolute Gasteiger partial charge is 0.254 e. The van der Waals surface area contributed by atoms with Gasteiger partial charge in [0.05, 0.1) is 6.54 Å². The van der Waals surface area contributed by atoms with Crippen LogP contribution in [0.3, 0.4) is 0 Å². The summed E-state index contributed by atoms with van der Waals surface area (Å²) >= 11 is 6.50. The number of para-hydroxylation sites is 1. The van der Waals surface area contributed by atoms with Gasteiger partial charge in [0.2, 0.25) is 0 Å². The van der Waals surface area contributed by atoms with Crippen LogP contribution in [0, 0.1) is 0 Å². The number of benzene rings is 2. The minimum atomic E-state index is -0.0676. The van der Waals surface area contributed by atoms with Crippen LogP contribution in [-0.2, 0) is 6.61 Å². The van der Waals surface area contributed by atoms with Gasteiger partial charge in [-0.2, -0.15) is 0 Å². The van der Waals surface area contributed by atoms with Gasteiger partial charge < -0.3 is 20.1 Å². The van der Waals surface area contributed by atoms with Crippen LogP contribution in [-0.4, -0.2) is 50.4 Å². The minimum Gasteiger partial charge on any atom is -0.489 e. The first-order valence-corrected chi connectivity index (χ1v) is 11.3. The summed E-state index contributed by atoms with van der Waals surface area (Å²) in [6, 6.07) is 16.5. The molecule has 34 heavy (non-hydrogen) atoms. The monoisotopic (exact) mass is 478 g/mol. The predicted molar refractivity (Wildman–Crippen MR) is 128 cm³/mol. The van der Waals surface area contributed by atoms with Crippen molar-refractivity contribution in [2.45, 2.75) is 25.6 Å². The van der Waals surface area contributed by atoms with E-state index in [4.69, 9.17) is 26.8 Å². The quantitative estimate of drug-likeness (QED) is 0.432. The molecule has 1 unspecified atom stereocenters. The minimum absolute atomic E-state index is 0.0376. The van der Waals surface area contributed by atoms with Gasteiger partial charge in [0.25, 0.3) is 5.91 Å². The Hall–Kier alpha value is -3.85. The second-order valence-electron chi connectivity index (χ2n) is 8.10. The summed E-state index contributed by atoms with van der Waals surface area (Å²) in [5.41, 5.74) is 8.00. The van der Waals surface area contributed by atoms with Gasteiger partial charge >= 0.3 is 0 Å². The lowest BCUT2D eigenvalue weighted by Crippen LogP contribution is -2.44. The maximum atomic E-state index is 13.1. The van der Waals surface area contributed by atoms with E-state index in [2.05, 4.69) is 20.4 Å². The summed E-state index contributed by atoms with van der Waals surface area (Å²) in [6.45, 7) is 1.40. The number of halogens is 1. The zero-order chi connectivity index (χ0) is 23.5. The summed E-state index contributed by atoms with van der Waals surface area (Å²) in [6.07, 6.45) is 1.76. The van der Waals surface area contributed by atoms with Crippen molar-refractivity contribution in [2.75, 3.05) is 18.8 Å². The number of anilines is 1. The van der Waals surface area contributed by atoms with E-state index in [1.54, 1.807) is 24.3 Å². The fraction of sp³-hybridized carbons (Fsp3) is 0.250. The third-order valence-electron chi connectivity index (χ3n) is 5.68. The van der Waals surface area contributed by atoms with Crippen molar-refractivity contribution in [1.29, 1.82) is 0 Å². The van der Waals surface area contributed by atoms with E-state index in [0.29, 0.717) is 40.6 Å². The molecule has 3 heterocycles. The van der Waals surface area contributed by atoms with Crippen LogP contribution in [0.5, 0.6) is 11.5 Å². The molecule has 0 aliphatic carbocycles. The Morgan fingerprint density at radius 2 is 2.06 bits per heavy atom. The van der Waals surface area contributed by atoms with Gasteiger partial charge in [-0.3, -0.25) is 4.79 Å². The highest BCUT2D eigenvalue weighted by molar-refractivity contribution is 6.31. The molecule has 0 bridgehead atoms. The van der Waals surface area contributed by atoms with Crippen LogP contribution in [0.2, 0.25) is 5.02 Å². The first-order chi connectivity index (χ1) is 16.6. The number of nitrogens with two attached hydrogens (primary N) is 1. The summed E-state index contributed by atoms with van der Waals surface area (Å²) in [4.78, 5) is 19.1. The predicted octanol–water partition coefficient (Wildman–Crippen LogP) is 3.85. The molecule has 174 valence electrons. The number of rotatable bonds is 6. The number of pyridine rings is 1. The Kier molecular flexibility index (Phi) is 6.18. The topological polar surface area (TPSA) is 119 Å². The molecule has 0 radical (unpaired) electrons. The average molecular weight is 479 g/mol. The van der Waals surface area contributed by atoms with Crippen molar-refractivity contribution < 1.29 is 14.3 Å². The molecule has 1 fully saturated rings. The second-order valence-corrected chi connectivity index (χ2v) is 8.50. The molecule has 3 N–H and O–H groups in total. The van der Waals surface area contributed by atoms with Crippen LogP contribution in [0.25, 0.3) is 11.2 Å². The lowest BCUT2D eigenvalue weighted by molar-refractivity contribution is 0.0538. The van der Waals surface area contributed by atoms with Crippen LogP contribution in [0.1, 0.15) is 28.8 Å². The number of nitrogen functional groups attached to an aromatic ring is 1. The highest BCUT2D eigenvalue weighted by Gasteiger charge is 2.26. The summed E-state index contributed by atoms with van der Waals surface area (Å²) < 4.78 is 11.9. The first-order valence-electron chi connectivity index (χ1n) is 11.0. The van der Waals surface area contributed by atoms with E-state index < -0.39 is 0 Å². The number of nitrogens with one attached hydrogen (secondary N) is 1. The number of ether oxygens (including phenoxy) is 2. The molecule has 10 heteroatoms. The van der Waals surface area contributed by atoms with Gasteiger partial charge in [-0.05, 0) is 37.1 Å². The molecule has 1 aliphatic rings. The molecule has 1 aliphatic heterocycles. The Balaban J connectivity index is 1.24. The number of carbonyl (C=O) groups is 1. The van der Waals surface area contributed by atoms with Crippen LogP contribution in [0.4, 0.5) is 5.82 Å². The third-order valence-corrected chi connectivity index (χ3v) is 6.03. The van der Waals surface area contributed by atoms with Gasteiger partial charge in [0.15, 0.2) is 16.9 Å². The number of nitrogens with zero attached hydrogens (tertiary/aromatic N) is 4. The van der Waals surface area contributed by atoms with Crippen molar-refractivity contribution in [1.82, 2.24) is 25.3 Å². The fourth-order valence-electron chi connectivity index (χ4n) is 3.99. The Morgan fingerprint density at radius 3 is 2.88 bits per heavy atom. The Labute approximate surface area is 200 Å². The first kappa shape index (κ1) is 22.0. The van der Waals surface area contributed by atoms with Crippen LogP contribution in [0.15, 0.2) is 54.6 Å². The van der Waals surface area contributed by atoms with E-state index >= 15 is 0 Å². The van der Waals surface area contributed by atoms with E-state index in [-0.39, 0.29) is 24.4 Å². The summed E-state index contributed by atoms with van der Waals surface area (Å²) in [7, 11) is 0. The highest BCUT2D eigenvalue weighted by Crippen LogP contribution is 2.27. The number of H-pyrrole nitrogens is 1. The molecular weight excluding hydrogens is 456 g/mol. The number of aromatic nitrogens is 4. The number of likely N-dealkylation sites (tertiary alicyclic amines) is 1. The lowest BCUT2D eigenvalue weighted by Gasteiger charge is -2.33. The van der Waals surface area contributed by atoms with Gasteiger partial charge in [-0.25, -0.2) is 10.1 Å². The molecule has 0 spiro atoms. The van der Waals surface area contributed by atoms with E-state index in [1.807, 2.05) is 35.2 Å². The number of fused-ring (bicyclic) bond motifs is 1. The van der Waals surface area contributed by atoms with Crippen LogP contribution >= 0.6 is 11.6 Å². The Bertz CT molecular complexity index is 1310. The highest BCUT2D eigenvalue weighted by atomic mass is 35.5. The molecule has 1 saturated heterocycles. The molecule has 2 aromatic heterocycles. The molecule has 0 saturated carbocycles. The van der Waals surface area contributed by atoms with E-state index in [9.17, 15) is 4.79 Å². The molecule has 1 atom stereocenters. The standard InChI is InChI=1S/C24H23ClN6O3/c25-19-11-15(24(32)31-10-4-7-18(13-31)34-17-5-2-1-3-6-17)8-9-16(19)14-33-20-12-21(26)27-23-22(20)28-30-29-23/h1-3,5-6,8-9,11-12,18H,4,7,10,13-14H2,(H3,26,27,28,29,30). The lowest BCUT2D eigenvalue weighted by atomic mass is 10.1. The number of carbonyl (C=O) groups excluding carboxylic acids is 1. The SMILES string of the molecule is Nc1cc(OCc2ccc(C(=O)N3CCCC(Oc4ccccc4)C3)cc2Cl)c2nn[nH]c2n1. The number of amides is 1. The summed E-state index contributed by atoms with van der Waals surface area (Å²) in [5.74, 6) is 1.48. The van der Waals surface area contributed by atoms with Crippen molar-refractivity contribution in [3.8, 4) is 11.5 Å². The van der Waals surface area contributed by atoms with E-state index in [1.165, 1.54) is 0 Å².